The van der Waals surface area contributed by atoms with Gasteiger partial charge in [0.2, 0.25) is 0 Å². The van der Waals surface area contributed by atoms with E-state index in [4.69, 9.17) is 28.2 Å². The minimum absolute atomic E-state index is 0.147. The number of carbonyl (C=O) groups is 1. The summed E-state index contributed by atoms with van der Waals surface area (Å²) in [7, 11) is 0. The number of aromatic nitrogens is 1. The number of halogens is 1. The van der Waals surface area contributed by atoms with Crippen molar-refractivity contribution in [3.63, 3.8) is 0 Å². The molecule has 1 aliphatic rings. The Morgan fingerprint density at radius 2 is 2.10 bits per heavy atom. The van der Waals surface area contributed by atoms with Gasteiger partial charge in [-0.3, -0.25) is 4.98 Å². The second-order valence-electron chi connectivity index (χ2n) is 7.87. The summed E-state index contributed by atoms with van der Waals surface area (Å²) in [5.74, 6) is 0.579. The largest absolute Gasteiger partial charge is 0.478 e. The average Bonchev–Trinajstić information content (AvgIpc) is 3.33. The zero-order valence-corrected chi connectivity index (χ0v) is 18.7. The van der Waals surface area contributed by atoms with Gasteiger partial charge in [0.15, 0.2) is 5.11 Å². The molecule has 0 bridgehead atoms. The summed E-state index contributed by atoms with van der Waals surface area (Å²) in [6, 6.07) is 13.7. The van der Waals surface area contributed by atoms with E-state index in [-0.39, 0.29) is 17.6 Å². The van der Waals surface area contributed by atoms with Crippen molar-refractivity contribution in [1.29, 1.82) is 0 Å². The molecule has 8 heteroatoms. The first kappa shape index (κ1) is 21.3. The van der Waals surface area contributed by atoms with E-state index in [1.807, 2.05) is 30.3 Å². The maximum Gasteiger partial charge on any atom is 0.335 e. The first-order valence-corrected chi connectivity index (χ1v) is 10.7. The van der Waals surface area contributed by atoms with Crippen molar-refractivity contribution in [2.24, 2.45) is 5.92 Å². The van der Waals surface area contributed by atoms with Crippen molar-refractivity contribution in [3.8, 4) is 11.3 Å². The van der Waals surface area contributed by atoms with Crippen molar-refractivity contribution in [1.82, 2.24) is 15.2 Å². The molecule has 0 saturated carbocycles. The van der Waals surface area contributed by atoms with Crippen LogP contribution in [0, 0.1) is 5.92 Å². The van der Waals surface area contributed by atoms with Gasteiger partial charge >= 0.3 is 5.97 Å². The lowest BCUT2D eigenvalue weighted by atomic mass is 10.0. The van der Waals surface area contributed by atoms with E-state index < -0.39 is 5.97 Å². The molecule has 2 N–H and O–H groups in total. The molecular weight excluding hydrogens is 434 g/mol. The van der Waals surface area contributed by atoms with E-state index in [9.17, 15) is 9.90 Å². The van der Waals surface area contributed by atoms with Crippen LogP contribution < -0.4 is 5.32 Å². The summed E-state index contributed by atoms with van der Waals surface area (Å²) in [5.41, 5.74) is 1.55. The predicted octanol–water partition coefficient (Wildman–Crippen LogP) is 5.32. The summed E-state index contributed by atoms with van der Waals surface area (Å²) in [6.45, 7) is 5.03. The van der Waals surface area contributed by atoms with E-state index in [1.165, 1.54) is 12.1 Å². The Labute approximate surface area is 190 Å². The van der Waals surface area contributed by atoms with Crippen LogP contribution in [-0.2, 0) is 0 Å². The lowest BCUT2D eigenvalue weighted by Gasteiger charge is -2.27. The van der Waals surface area contributed by atoms with Crippen LogP contribution in [0.1, 0.15) is 47.7 Å². The van der Waals surface area contributed by atoms with E-state index in [1.54, 1.807) is 12.3 Å². The third-order valence-corrected chi connectivity index (χ3v) is 5.84. The maximum atomic E-state index is 11.4. The van der Waals surface area contributed by atoms with Gasteiger partial charge in [-0.25, -0.2) is 4.79 Å². The number of rotatable bonds is 6. The Bertz CT molecular complexity index is 1120. The SMILES string of the molecule is CC(C)CN1C(=S)N[C@H](c2ccccn2)[C@@H]1c1ccc(-c2cc(C(=O)O)ccc2Cl)o1. The van der Waals surface area contributed by atoms with Crippen LogP contribution in [0.2, 0.25) is 5.02 Å². The van der Waals surface area contributed by atoms with E-state index in [0.717, 1.165) is 12.2 Å². The van der Waals surface area contributed by atoms with Crippen LogP contribution in [0.4, 0.5) is 0 Å². The molecule has 1 aliphatic heterocycles. The average molecular weight is 456 g/mol. The van der Waals surface area contributed by atoms with Crippen molar-refractivity contribution in [3.05, 3.63) is 76.8 Å². The summed E-state index contributed by atoms with van der Waals surface area (Å²) < 4.78 is 6.23. The fourth-order valence-corrected chi connectivity index (χ4v) is 4.33. The normalized spacial score (nSPS) is 18.5. The first-order valence-electron chi connectivity index (χ1n) is 9.96. The fraction of sp³-hybridized carbons (Fsp3) is 0.261. The molecule has 0 radical (unpaired) electrons. The number of nitrogens with zero attached hydrogens (tertiary/aromatic N) is 2. The van der Waals surface area contributed by atoms with Gasteiger partial charge in [-0.1, -0.05) is 31.5 Å². The van der Waals surface area contributed by atoms with Crippen LogP contribution in [0.5, 0.6) is 0 Å². The van der Waals surface area contributed by atoms with Gasteiger partial charge in [-0.2, -0.15) is 0 Å². The highest BCUT2D eigenvalue weighted by molar-refractivity contribution is 7.80. The third kappa shape index (κ3) is 4.29. The first-order chi connectivity index (χ1) is 14.8. The maximum absolute atomic E-state index is 11.4. The quantitative estimate of drug-likeness (QED) is 0.487. The van der Waals surface area contributed by atoms with Crippen molar-refractivity contribution >= 4 is 34.9 Å². The second-order valence-corrected chi connectivity index (χ2v) is 8.67. The molecule has 31 heavy (non-hydrogen) atoms. The molecule has 160 valence electrons. The summed E-state index contributed by atoms with van der Waals surface area (Å²) in [6.07, 6.45) is 1.76. The number of nitrogens with one attached hydrogen (secondary N) is 1. The number of pyridine rings is 1. The van der Waals surface area contributed by atoms with Crippen molar-refractivity contribution in [2.75, 3.05) is 6.54 Å². The number of carboxylic acid groups (broad SMARTS) is 1. The zero-order chi connectivity index (χ0) is 22.1. The molecule has 1 fully saturated rings. The molecule has 2 aromatic heterocycles. The molecule has 2 atom stereocenters. The lowest BCUT2D eigenvalue weighted by Crippen LogP contribution is -2.32. The Kier molecular flexibility index (Phi) is 5.98. The standard InChI is InChI=1S/C23H22ClN3O3S/c1-13(2)12-27-21(20(26-23(27)31)17-5-3-4-10-25-17)19-9-8-18(30-19)15-11-14(22(28)29)6-7-16(15)24/h3-11,13,20-21H,12H2,1-2H3,(H,26,31)(H,28,29)/t20-,21+/m1/s1. The number of aromatic carboxylic acids is 1. The Morgan fingerprint density at radius 1 is 1.29 bits per heavy atom. The molecule has 3 aromatic rings. The van der Waals surface area contributed by atoms with Crippen LogP contribution in [0.3, 0.4) is 0 Å². The molecule has 1 saturated heterocycles. The number of carboxylic acids is 1. The molecule has 3 heterocycles. The van der Waals surface area contributed by atoms with Gasteiger partial charge in [0.05, 0.1) is 22.3 Å². The highest BCUT2D eigenvalue weighted by Gasteiger charge is 2.41. The van der Waals surface area contributed by atoms with Gasteiger partial charge in [-0.15, -0.1) is 0 Å². The highest BCUT2D eigenvalue weighted by Crippen LogP contribution is 2.41. The van der Waals surface area contributed by atoms with Crippen LogP contribution in [-0.4, -0.2) is 32.6 Å². The second kappa shape index (κ2) is 8.69. The Balaban J connectivity index is 1.75. The highest BCUT2D eigenvalue weighted by atomic mass is 35.5. The minimum atomic E-state index is -1.02. The van der Waals surface area contributed by atoms with Crippen LogP contribution in [0.25, 0.3) is 11.3 Å². The third-order valence-electron chi connectivity index (χ3n) is 5.16. The van der Waals surface area contributed by atoms with E-state index in [2.05, 4.69) is 29.0 Å². The predicted molar refractivity (Wildman–Crippen MR) is 123 cm³/mol. The van der Waals surface area contributed by atoms with Gasteiger partial charge in [0, 0.05) is 18.3 Å². The number of thiocarbonyl (C=S) groups is 1. The number of hydrogen-bond acceptors (Lipinski definition) is 4. The number of furan rings is 1. The number of benzene rings is 1. The van der Waals surface area contributed by atoms with Gasteiger partial charge < -0.3 is 19.7 Å². The van der Waals surface area contributed by atoms with Gasteiger partial charge in [0.1, 0.15) is 17.6 Å². The zero-order valence-electron chi connectivity index (χ0n) is 17.1. The molecule has 4 rings (SSSR count). The molecule has 0 unspecified atom stereocenters. The Morgan fingerprint density at radius 3 is 2.77 bits per heavy atom. The minimum Gasteiger partial charge on any atom is -0.478 e. The lowest BCUT2D eigenvalue weighted by molar-refractivity contribution is 0.0697. The molecule has 1 aromatic carbocycles. The Hall–Kier alpha value is -2.90. The van der Waals surface area contributed by atoms with Crippen molar-refractivity contribution in [2.45, 2.75) is 25.9 Å². The molecule has 6 nitrogen and oxygen atoms in total. The number of hydrogen-bond donors (Lipinski definition) is 2. The summed E-state index contributed by atoms with van der Waals surface area (Å²) in [5, 5.41) is 13.8. The fourth-order valence-electron chi connectivity index (χ4n) is 3.81. The monoisotopic (exact) mass is 455 g/mol. The van der Waals surface area contributed by atoms with Crippen molar-refractivity contribution < 1.29 is 14.3 Å². The van der Waals surface area contributed by atoms with Crippen LogP contribution in [0.15, 0.2) is 59.1 Å². The van der Waals surface area contributed by atoms with E-state index in [0.29, 0.717) is 33.1 Å². The van der Waals surface area contributed by atoms with E-state index >= 15 is 0 Å². The van der Waals surface area contributed by atoms with Gasteiger partial charge in [0.25, 0.3) is 0 Å². The smallest absolute Gasteiger partial charge is 0.335 e. The molecule has 0 aliphatic carbocycles. The summed E-state index contributed by atoms with van der Waals surface area (Å²) in [4.78, 5) is 18.0. The summed E-state index contributed by atoms with van der Waals surface area (Å²) >= 11 is 12.0. The molecular formula is C23H22ClN3O3S. The topological polar surface area (TPSA) is 78.6 Å². The van der Waals surface area contributed by atoms with Gasteiger partial charge in [-0.05, 0) is 60.6 Å². The molecule has 0 spiro atoms. The van der Waals surface area contributed by atoms with Crippen LogP contribution >= 0.6 is 23.8 Å². The molecule has 0 amide bonds.